The highest BCUT2D eigenvalue weighted by Gasteiger charge is 2.55. The van der Waals surface area contributed by atoms with Crippen LogP contribution in [0.4, 0.5) is 4.79 Å². The van der Waals surface area contributed by atoms with Gasteiger partial charge in [-0.1, -0.05) is 32.1 Å². The smallest absolute Gasteiger partial charge is 0.413 e. The topological polar surface area (TPSA) is 156 Å². The molecule has 0 radical (unpaired) electrons. The van der Waals surface area contributed by atoms with Crippen molar-refractivity contribution in [3.63, 3.8) is 0 Å². The van der Waals surface area contributed by atoms with Gasteiger partial charge < -0.3 is 19.4 Å². The van der Waals surface area contributed by atoms with E-state index in [2.05, 4.69) is 10.3 Å². The van der Waals surface area contributed by atoms with E-state index in [0.29, 0.717) is 6.42 Å². The van der Waals surface area contributed by atoms with Crippen LogP contribution in [0.1, 0.15) is 55.3 Å². The van der Waals surface area contributed by atoms with Crippen molar-refractivity contribution in [2.45, 2.75) is 63.1 Å². The number of carbonyl (C=O) groups is 4. The van der Waals surface area contributed by atoms with Crippen molar-refractivity contribution in [2.75, 3.05) is 13.1 Å². The zero-order valence-electron chi connectivity index (χ0n) is 21.2. The molecule has 3 aliphatic rings. The molecule has 3 unspecified atom stereocenters. The van der Waals surface area contributed by atoms with Gasteiger partial charge in [0.05, 0.1) is 24.4 Å². The minimum absolute atomic E-state index is 0.104. The highest BCUT2D eigenvalue weighted by molar-refractivity contribution is 8.04. The SMILES string of the molecule is O=C(NC(CC1CCCCC1)C(=O)N1CCC2C1C(=O)CN2S(=O)(=O)C(=O)c1cccnc1)Oc1ccoc1. The van der Waals surface area contributed by atoms with E-state index in [9.17, 15) is 27.6 Å². The van der Waals surface area contributed by atoms with Crippen molar-refractivity contribution in [3.05, 3.63) is 48.7 Å². The molecule has 1 N–H and O–H groups in total. The molecular formula is C26H30N4O8S. The Morgan fingerprint density at radius 3 is 2.64 bits per heavy atom. The number of amides is 2. The van der Waals surface area contributed by atoms with Crippen molar-refractivity contribution >= 4 is 32.9 Å². The van der Waals surface area contributed by atoms with E-state index in [1.807, 2.05) is 0 Å². The van der Waals surface area contributed by atoms with Crippen LogP contribution in [0.5, 0.6) is 5.75 Å². The molecule has 2 aromatic rings. The molecule has 1 saturated carbocycles. The van der Waals surface area contributed by atoms with E-state index in [1.165, 1.54) is 41.8 Å². The number of nitrogens with zero attached hydrogens (tertiary/aromatic N) is 3. The number of nitrogens with one attached hydrogen (secondary N) is 1. The zero-order valence-corrected chi connectivity index (χ0v) is 22.0. The van der Waals surface area contributed by atoms with Crippen molar-refractivity contribution in [1.29, 1.82) is 0 Å². The molecule has 39 heavy (non-hydrogen) atoms. The molecule has 2 amide bonds. The Balaban J connectivity index is 1.33. The average molecular weight is 559 g/mol. The van der Waals surface area contributed by atoms with Crippen LogP contribution in [0.25, 0.3) is 0 Å². The van der Waals surface area contributed by atoms with Crippen LogP contribution in [0.3, 0.4) is 0 Å². The second-order valence-electron chi connectivity index (χ2n) is 10.2. The van der Waals surface area contributed by atoms with E-state index >= 15 is 0 Å². The summed E-state index contributed by atoms with van der Waals surface area (Å²) in [6.45, 7) is -0.386. The second kappa shape index (κ2) is 11.3. The Kier molecular flexibility index (Phi) is 7.80. The largest absolute Gasteiger partial charge is 0.469 e. The van der Waals surface area contributed by atoms with Crippen LogP contribution in [0.2, 0.25) is 0 Å². The van der Waals surface area contributed by atoms with Crippen LogP contribution in [-0.2, 0) is 19.6 Å². The molecule has 0 spiro atoms. The fraction of sp³-hybridized carbons (Fsp3) is 0.500. The molecular weight excluding hydrogens is 528 g/mol. The normalized spacial score (nSPS) is 22.9. The van der Waals surface area contributed by atoms with Crippen LogP contribution in [-0.4, -0.2) is 76.7 Å². The van der Waals surface area contributed by atoms with Gasteiger partial charge in [-0.15, -0.1) is 0 Å². The van der Waals surface area contributed by atoms with Gasteiger partial charge >= 0.3 is 6.09 Å². The van der Waals surface area contributed by atoms with E-state index in [-0.39, 0.29) is 30.2 Å². The van der Waals surface area contributed by atoms with Crippen molar-refractivity contribution < 1.29 is 36.7 Å². The summed E-state index contributed by atoms with van der Waals surface area (Å²) in [6, 6.07) is 1.41. The number of ether oxygens (including phenoxy) is 1. The standard InChI is InChI=1S/C26H30N4O8S/c31-22-15-30(39(35,36)25(33)18-7-4-10-27-14-18)21-8-11-29(23(21)22)24(32)20(13-17-5-2-1-3-6-17)28-26(34)38-19-9-12-37-16-19/h4,7,9-10,12,14,16-17,20-21,23H,1-3,5-6,8,11,13,15H2,(H,28,34). The molecule has 3 fully saturated rings. The average Bonchev–Trinajstić information content (AvgIpc) is 3.68. The summed E-state index contributed by atoms with van der Waals surface area (Å²) in [5, 5.41) is 1.51. The number of carbonyl (C=O) groups excluding carboxylic acids is 4. The van der Waals surface area contributed by atoms with Gasteiger partial charge in [-0.2, -0.15) is 4.31 Å². The molecule has 3 atom stereocenters. The fourth-order valence-electron chi connectivity index (χ4n) is 5.85. The molecule has 12 nitrogen and oxygen atoms in total. The van der Waals surface area contributed by atoms with Crippen LogP contribution in [0.15, 0.2) is 47.5 Å². The Bertz CT molecular complexity index is 1320. The lowest BCUT2D eigenvalue weighted by Gasteiger charge is -2.31. The number of likely N-dealkylation sites (tertiary alicyclic amines) is 1. The lowest BCUT2D eigenvalue weighted by Crippen LogP contribution is -2.53. The molecule has 1 aliphatic carbocycles. The van der Waals surface area contributed by atoms with E-state index in [4.69, 9.17) is 9.15 Å². The van der Waals surface area contributed by atoms with Crippen LogP contribution in [0, 0.1) is 5.92 Å². The summed E-state index contributed by atoms with van der Waals surface area (Å²) in [4.78, 5) is 57.5. The van der Waals surface area contributed by atoms with E-state index in [1.54, 1.807) is 0 Å². The first-order valence-corrected chi connectivity index (χ1v) is 14.5. The van der Waals surface area contributed by atoms with Crippen LogP contribution >= 0.6 is 0 Å². The van der Waals surface area contributed by atoms with Gasteiger partial charge in [0.2, 0.25) is 5.91 Å². The highest BCUT2D eigenvalue weighted by atomic mass is 32.2. The predicted molar refractivity (Wildman–Crippen MR) is 136 cm³/mol. The Hall–Kier alpha value is -3.58. The maximum absolute atomic E-state index is 13.8. The third kappa shape index (κ3) is 5.59. The minimum Gasteiger partial charge on any atom is -0.469 e. The number of Topliss-reactive ketones (excluding diaryl/α,β-unsaturated/α-hetero) is 1. The van der Waals surface area contributed by atoms with Crippen molar-refractivity contribution in [2.24, 2.45) is 5.92 Å². The lowest BCUT2D eigenvalue weighted by molar-refractivity contribution is -0.138. The highest BCUT2D eigenvalue weighted by Crippen LogP contribution is 2.34. The van der Waals surface area contributed by atoms with Gasteiger partial charge in [-0.3, -0.25) is 19.4 Å². The molecule has 2 saturated heterocycles. The summed E-state index contributed by atoms with van der Waals surface area (Å²) in [5.74, 6) is -0.537. The van der Waals surface area contributed by atoms with Gasteiger partial charge in [0.25, 0.3) is 15.1 Å². The number of pyridine rings is 1. The second-order valence-corrected chi connectivity index (χ2v) is 12.0. The first-order chi connectivity index (χ1) is 18.8. The monoisotopic (exact) mass is 558 g/mol. The maximum Gasteiger partial charge on any atom is 0.413 e. The molecule has 13 heteroatoms. The van der Waals surface area contributed by atoms with Crippen LogP contribution < -0.4 is 10.1 Å². The third-order valence-electron chi connectivity index (χ3n) is 7.69. The summed E-state index contributed by atoms with van der Waals surface area (Å²) < 4.78 is 37.4. The maximum atomic E-state index is 13.8. The number of rotatable bonds is 7. The van der Waals surface area contributed by atoms with Gasteiger partial charge in [-0.25, -0.2) is 13.2 Å². The summed E-state index contributed by atoms with van der Waals surface area (Å²) in [7, 11) is -4.52. The zero-order chi connectivity index (χ0) is 27.6. The Morgan fingerprint density at radius 1 is 1.15 bits per heavy atom. The summed E-state index contributed by atoms with van der Waals surface area (Å²) in [5.41, 5.74) is -0.104. The number of hydrogen-bond acceptors (Lipinski definition) is 9. The third-order valence-corrected chi connectivity index (χ3v) is 9.41. The Morgan fingerprint density at radius 2 is 1.95 bits per heavy atom. The van der Waals surface area contributed by atoms with E-state index < -0.39 is 57.6 Å². The van der Waals surface area contributed by atoms with Gasteiger partial charge in [0.1, 0.15) is 18.3 Å². The predicted octanol–water partition coefficient (Wildman–Crippen LogP) is 2.13. The number of aromatic nitrogens is 1. The number of furan rings is 1. The fourth-order valence-corrected chi connectivity index (χ4v) is 7.35. The number of fused-ring (bicyclic) bond motifs is 1. The molecule has 4 heterocycles. The molecule has 208 valence electrons. The summed E-state index contributed by atoms with van der Waals surface area (Å²) >= 11 is 0. The number of hydrogen-bond donors (Lipinski definition) is 1. The molecule has 2 aliphatic heterocycles. The number of ketones is 1. The first kappa shape index (κ1) is 27.0. The van der Waals surface area contributed by atoms with Crippen molar-refractivity contribution in [1.82, 2.24) is 19.5 Å². The molecule has 0 aromatic carbocycles. The molecule has 0 bridgehead atoms. The Labute approximate surface area is 225 Å². The molecule has 5 rings (SSSR count). The minimum atomic E-state index is -4.52. The quantitative estimate of drug-likeness (QED) is 0.538. The number of sulfonamides is 1. The lowest BCUT2D eigenvalue weighted by atomic mass is 9.84. The summed E-state index contributed by atoms with van der Waals surface area (Å²) in [6.07, 6.45) is 9.97. The van der Waals surface area contributed by atoms with Gasteiger partial charge in [0.15, 0.2) is 11.5 Å². The molecule has 2 aromatic heterocycles. The van der Waals surface area contributed by atoms with E-state index in [0.717, 1.165) is 42.6 Å². The first-order valence-electron chi connectivity index (χ1n) is 13.1. The van der Waals surface area contributed by atoms with Gasteiger partial charge in [0, 0.05) is 25.0 Å². The van der Waals surface area contributed by atoms with Crippen molar-refractivity contribution in [3.8, 4) is 5.75 Å². The van der Waals surface area contributed by atoms with Gasteiger partial charge in [-0.05, 0) is 30.9 Å².